The molecular formula is C22H24N2O5. The van der Waals surface area contributed by atoms with Gasteiger partial charge in [0, 0.05) is 32.5 Å². The zero-order valence-electron chi connectivity index (χ0n) is 16.1. The first kappa shape index (κ1) is 19.2. The molecule has 0 aliphatic carbocycles. The second-order valence-corrected chi connectivity index (χ2v) is 7.77. The van der Waals surface area contributed by atoms with Crippen LogP contribution in [0.5, 0.6) is 0 Å². The van der Waals surface area contributed by atoms with E-state index in [2.05, 4.69) is 0 Å². The highest BCUT2D eigenvalue weighted by Gasteiger charge is 2.38. The van der Waals surface area contributed by atoms with Crippen LogP contribution in [0.4, 0.5) is 0 Å². The normalized spacial score (nSPS) is 19.7. The van der Waals surface area contributed by atoms with Crippen LogP contribution in [0.3, 0.4) is 0 Å². The van der Waals surface area contributed by atoms with E-state index in [1.165, 1.54) is 6.26 Å². The van der Waals surface area contributed by atoms with Crippen molar-refractivity contribution in [1.82, 2.24) is 9.80 Å². The maximum absolute atomic E-state index is 13.4. The number of furan rings is 1. The maximum atomic E-state index is 13.4. The van der Waals surface area contributed by atoms with Crippen LogP contribution in [-0.4, -0.2) is 51.8 Å². The van der Waals surface area contributed by atoms with E-state index in [1.54, 1.807) is 21.9 Å². The Morgan fingerprint density at radius 1 is 1.03 bits per heavy atom. The third kappa shape index (κ3) is 4.04. The monoisotopic (exact) mass is 396 g/mol. The van der Waals surface area contributed by atoms with Crippen LogP contribution in [0.25, 0.3) is 0 Å². The molecule has 2 amide bonds. The molecule has 1 saturated heterocycles. The molecule has 29 heavy (non-hydrogen) atoms. The fourth-order valence-corrected chi connectivity index (χ4v) is 4.31. The fourth-order valence-electron chi connectivity index (χ4n) is 4.31. The molecule has 0 saturated carbocycles. The van der Waals surface area contributed by atoms with Crippen LogP contribution in [-0.2, 0) is 22.6 Å². The molecule has 1 aromatic carbocycles. The largest absolute Gasteiger partial charge is 0.481 e. The second-order valence-electron chi connectivity index (χ2n) is 7.77. The molecule has 2 aromatic rings. The van der Waals surface area contributed by atoms with Crippen molar-refractivity contribution in [3.05, 3.63) is 59.5 Å². The molecule has 0 spiro atoms. The number of aliphatic carboxylic acids is 1. The Labute approximate surface area is 168 Å². The Kier molecular flexibility index (Phi) is 5.38. The van der Waals surface area contributed by atoms with Crippen LogP contribution in [0.2, 0.25) is 0 Å². The van der Waals surface area contributed by atoms with Gasteiger partial charge in [-0.15, -0.1) is 0 Å². The van der Waals surface area contributed by atoms with Crippen molar-refractivity contribution in [3.8, 4) is 0 Å². The third-order valence-corrected chi connectivity index (χ3v) is 5.92. The summed E-state index contributed by atoms with van der Waals surface area (Å²) >= 11 is 0. The van der Waals surface area contributed by atoms with Gasteiger partial charge in [-0.2, -0.15) is 0 Å². The molecule has 3 heterocycles. The molecule has 1 atom stereocenters. The number of carboxylic acids is 1. The Morgan fingerprint density at radius 3 is 2.41 bits per heavy atom. The number of benzene rings is 1. The zero-order valence-corrected chi connectivity index (χ0v) is 16.1. The van der Waals surface area contributed by atoms with Gasteiger partial charge in [-0.05, 0) is 42.0 Å². The maximum Gasteiger partial charge on any atom is 0.303 e. The predicted octanol–water partition coefficient (Wildman–Crippen LogP) is 2.56. The average Bonchev–Trinajstić information content (AvgIpc) is 3.27. The van der Waals surface area contributed by atoms with Crippen LogP contribution in [0, 0.1) is 5.92 Å². The Balaban J connectivity index is 1.54. The van der Waals surface area contributed by atoms with Crippen molar-refractivity contribution in [3.63, 3.8) is 0 Å². The van der Waals surface area contributed by atoms with Gasteiger partial charge in [-0.25, -0.2) is 0 Å². The van der Waals surface area contributed by atoms with Gasteiger partial charge in [-0.3, -0.25) is 14.4 Å². The lowest BCUT2D eigenvalue weighted by Crippen LogP contribution is -2.55. The molecule has 7 nitrogen and oxygen atoms in total. The minimum Gasteiger partial charge on any atom is -0.481 e. The minimum atomic E-state index is -0.797. The van der Waals surface area contributed by atoms with Crippen molar-refractivity contribution >= 4 is 17.8 Å². The fraction of sp³-hybridized carbons (Fsp3) is 0.409. The molecule has 2 aliphatic heterocycles. The molecule has 0 bridgehead atoms. The van der Waals surface area contributed by atoms with E-state index in [-0.39, 0.29) is 29.9 Å². The van der Waals surface area contributed by atoms with E-state index in [0.717, 1.165) is 11.1 Å². The van der Waals surface area contributed by atoms with Gasteiger partial charge in [-0.1, -0.05) is 24.3 Å². The standard InChI is InChI=1S/C22H24N2O5/c25-20(26)12-15-7-9-23(10-8-15)21(27)18-13-16-4-1-2-5-17(16)14-24(18)22(28)19-6-3-11-29-19/h1-6,11,15,18H,7-10,12-14H2,(H,25,26). The number of nitrogens with zero attached hydrogens (tertiary/aromatic N) is 2. The number of carbonyl (C=O) groups excluding carboxylic acids is 2. The molecule has 1 N–H and O–H groups in total. The van der Waals surface area contributed by atoms with E-state index in [0.29, 0.717) is 38.9 Å². The van der Waals surface area contributed by atoms with Gasteiger partial charge in [0.25, 0.3) is 5.91 Å². The number of rotatable bonds is 4. The summed E-state index contributed by atoms with van der Waals surface area (Å²) in [6.07, 6.45) is 3.41. The van der Waals surface area contributed by atoms with Crippen LogP contribution in [0.1, 0.15) is 40.9 Å². The summed E-state index contributed by atoms with van der Waals surface area (Å²) in [4.78, 5) is 40.7. The molecule has 152 valence electrons. The molecule has 1 fully saturated rings. The van der Waals surface area contributed by atoms with Gasteiger partial charge in [0.2, 0.25) is 5.91 Å². The van der Waals surface area contributed by atoms with Gasteiger partial charge in [0.1, 0.15) is 6.04 Å². The van der Waals surface area contributed by atoms with Crippen LogP contribution < -0.4 is 0 Å². The lowest BCUT2D eigenvalue weighted by Gasteiger charge is -2.40. The number of amides is 2. The molecule has 1 unspecified atom stereocenters. The smallest absolute Gasteiger partial charge is 0.303 e. The minimum absolute atomic E-state index is 0.0758. The number of piperidine rings is 1. The van der Waals surface area contributed by atoms with E-state index >= 15 is 0 Å². The molecule has 7 heteroatoms. The molecule has 0 radical (unpaired) electrons. The summed E-state index contributed by atoms with van der Waals surface area (Å²) in [5.74, 6) is -0.836. The lowest BCUT2D eigenvalue weighted by atomic mass is 9.90. The zero-order chi connectivity index (χ0) is 20.4. The number of carboxylic acid groups (broad SMARTS) is 1. The van der Waals surface area contributed by atoms with Crippen LogP contribution >= 0.6 is 0 Å². The van der Waals surface area contributed by atoms with Crippen molar-refractivity contribution in [2.45, 2.75) is 38.3 Å². The SMILES string of the molecule is O=C(O)CC1CCN(C(=O)C2Cc3ccccc3CN2C(=O)c2ccco2)CC1. The first-order valence-electron chi connectivity index (χ1n) is 9.94. The van der Waals surface area contributed by atoms with Gasteiger partial charge >= 0.3 is 5.97 Å². The van der Waals surface area contributed by atoms with Crippen molar-refractivity contribution < 1.29 is 23.9 Å². The Hall–Kier alpha value is -3.09. The van der Waals surface area contributed by atoms with Gasteiger partial charge in [0.05, 0.1) is 6.26 Å². The van der Waals surface area contributed by atoms with Crippen molar-refractivity contribution in [2.24, 2.45) is 5.92 Å². The quantitative estimate of drug-likeness (QED) is 0.858. The number of likely N-dealkylation sites (tertiary alicyclic amines) is 1. The molecule has 2 aliphatic rings. The molecular weight excluding hydrogens is 372 g/mol. The number of hydrogen-bond donors (Lipinski definition) is 1. The van der Waals surface area contributed by atoms with Gasteiger partial charge < -0.3 is 19.3 Å². The highest BCUT2D eigenvalue weighted by Crippen LogP contribution is 2.28. The van der Waals surface area contributed by atoms with Crippen molar-refractivity contribution in [2.75, 3.05) is 13.1 Å². The summed E-state index contributed by atoms with van der Waals surface area (Å²) in [6, 6.07) is 10.6. The summed E-state index contributed by atoms with van der Waals surface area (Å²) in [5, 5.41) is 8.99. The second kappa shape index (κ2) is 8.11. The highest BCUT2D eigenvalue weighted by molar-refractivity contribution is 5.96. The average molecular weight is 396 g/mol. The van der Waals surface area contributed by atoms with Crippen LogP contribution in [0.15, 0.2) is 47.1 Å². The van der Waals surface area contributed by atoms with Crippen molar-refractivity contribution in [1.29, 1.82) is 0 Å². The first-order chi connectivity index (χ1) is 14.0. The highest BCUT2D eigenvalue weighted by atomic mass is 16.4. The third-order valence-electron chi connectivity index (χ3n) is 5.92. The topological polar surface area (TPSA) is 91.1 Å². The van der Waals surface area contributed by atoms with E-state index in [9.17, 15) is 14.4 Å². The molecule has 4 rings (SSSR count). The summed E-state index contributed by atoms with van der Waals surface area (Å²) < 4.78 is 5.29. The number of carbonyl (C=O) groups is 3. The number of fused-ring (bicyclic) bond motifs is 1. The van der Waals surface area contributed by atoms with E-state index in [4.69, 9.17) is 9.52 Å². The lowest BCUT2D eigenvalue weighted by molar-refractivity contribution is -0.140. The predicted molar refractivity (Wildman–Crippen MR) is 104 cm³/mol. The van der Waals surface area contributed by atoms with E-state index in [1.807, 2.05) is 24.3 Å². The summed E-state index contributed by atoms with van der Waals surface area (Å²) in [6.45, 7) is 1.41. The number of hydrogen-bond acceptors (Lipinski definition) is 4. The van der Waals surface area contributed by atoms with E-state index < -0.39 is 12.0 Å². The van der Waals surface area contributed by atoms with Gasteiger partial charge in [0.15, 0.2) is 5.76 Å². The molecule has 1 aromatic heterocycles. The Morgan fingerprint density at radius 2 is 1.76 bits per heavy atom. The summed E-state index contributed by atoms with van der Waals surface area (Å²) in [7, 11) is 0. The first-order valence-corrected chi connectivity index (χ1v) is 9.94. The Bertz CT molecular complexity index is 900. The summed E-state index contributed by atoms with van der Waals surface area (Å²) in [5.41, 5.74) is 2.12.